The SMILES string of the molecule is Cc1coc([C@H]2CC[C@@H](N)C2)n1.Cl. The first-order valence-electron chi connectivity index (χ1n) is 4.43. The molecule has 1 aliphatic carbocycles. The Kier molecular flexibility index (Phi) is 3.33. The van der Waals surface area contributed by atoms with Gasteiger partial charge in [-0.1, -0.05) is 0 Å². The van der Waals surface area contributed by atoms with Crippen LogP contribution in [0.2, 0.25) is 0 Å². The number of aromatic nitrogens is 1. The van der Waals surface area contributed by atoms with E-state index in [1.807, 2.05) is 6.92 Å². The van der Waals surface area contributed by atoms with Crippen LogP contribution in [0.3, 0.4) is 0 Å². The molecule has 74 valence electrons. The largest absolute Gasteiger partial charge is 0.448 e. The van der Waals surface area contributed by atoms with Crippen molar-refractivity contribution in [2.24, 2.45) is 5.73 Å². The molecule has 0 aromatic carbocycles. The molecule has 13 heavy (non-hydrogen) atoms. The molecule has 2 atom stereocenters. The second-order valence-corrected chi connectivity index (χ2v) is 3.60. The second-order valence-electron chi connectivity index (χ2n) is 3.60. The molecule has 1 aromatic rings. The van der Waals surface area contributed by atoms with Gasteiger partial charge in [-0.2, -0.15) is 0 Å². The first-order chi connectivity index (χ1) is 5.75. The normalized spacial score (nSPS) is 27.2. The number of oxazole rings is 1. The van der Waals surface area contributed by atoms with Gasteiger partial charge in [0.1, 0.15) is 6.26 Å². The predicted octanol–water partition coefficient (Wildman–Crippen LogP) is 2.00. The molecule has 1 fully saturated rings. The van der Waals surface area contributed by atoms with Gasteiger partial charge in [-0.3, -0.25) is 0 Å². The average molecular weight is 203 g/mol. The van der Waals surface area contributed by atoms with Crippen molar-refractivity contribution in [1.82, 2.24) is 4.98 Å². The third-order valence-corrected chi connectivity index (χ3v) is 2.46. The van der Waals surface area contributed by atoms with Crippen LogP contribution in [0.15, 0.2) is 10.7 Å². The van der Waals surface area contributed by atoms with Crippen molar-refractivity contribution in [2.75, 3.05) is 0 Å². The van der Waals surface area contributed by atoms with Crippen LogP contribution in [-0.2, 0) is 0 Å². The van der Waals surface area contributed by atoms with E-state index in [0.29, 0.717) is 12.0 Å². The molecule has 0 unspecified atom stereocenters. The van der Waals surface area contributed by atoms with Crippen molar-refractivity contribution >= 4 is 12.4 Å². The number of rotatable bonds is 1. The molecule has 1 heterocycles. The maximum absolute atomic E-state index is 5.80. The molecule has 2 rings (SSSR count). The molecular weight excluding hydrogens is 188 g/mol. The molecule has 0 bridgehead atoms. The Morgan fingerprint density at radius 3 is 2.77 bits per heavy atom. The molecule has 1 saturated carbocycles. The summed E-state index contributed by atoms with van der Waals surface area (Å²) in [5.41, 5.74) is 6.76. The van der Waals surface area contributed by atoms with Gasteiger partial charge in [0.05, 0.1) is 5.69 Å². The van der Waals surface area contributed by atoms with Crippen molar-refractivity contribution in [3.05, 3.63) is 17.8 Å². The van der Waals surface area contributed by atoms with E-state index in [0.717, 1.165) is 30.8 Å². The van der Waals surface area contributed by atoms with E-state index in [2.05, 4.69) is 4.98 Å². The average Bonchev–Trinajstić information content (AvgIpc) is 2.58. The molecule has 0 spiro atoms. The van der Waals surface area contributed by atoms with Crippen LogP contribution in [0.4, 0.5) is 0 Å². The van der Waals surface area contributed by atoms with E-state index in [4.69, 9.17) is 10.2 Å². The van der Waals surface area contributed by atoms with E-state index in [-0.39, 0.29) is 12.4 Å². The van der Waals surface area contributed by atoms with E-state index < -0.39 is 0 Å². The molecule has 0 saturated heterocycles. The van der Waals surface area contributed by atoms with E-state index in [1.54, 1.807) is 6.26 Å². The lowest BCUT2D eigenvalue weighted by molar-refractivity contribution is 0.446. The zero-order valence-corrected chi connectivity index (χ0v) is 8.51. The number of halogens is 1. The zero-order valence-electron chi connectivity index (χ0n) is 7.69. The maximum atomic E-state index is 5.80. The summed E-state index contributed by atoms with van der Waals surface area (Å²) in [5.74, 6) is 1.34. The summed E-state index contributed by atoms with van der Waals surface area (Å²) in [6.07, 6.45) is 4.96. The molecule has 0 amide bonds. The fourth-order valence-electron chi connectivity index (χ4n) is 1.80. The minimum atomic E-state index is 0. The summed E-state index contributed by atoms with van der Waals surface area (Å²) >= 11 is 0. The minimum absolute atomic E-state index is 0. The van der Waals surface area contributed by atoms with Gasteiger partial charge in [-0.05, 0) is 26.2 Å². The summed E-state index contributed by atoms with van der Waals surface area (Å²) in [4.78, 5) is 4.30. The van der Waals surface area contributed by atoms with Crippen LogP contribution in [0.5, 0.6) is 0 Å². The van der Waals surface area contributed by atoms with Crippen LogP contribution in [-0.4, -0.2) is 11.0 Å². The van der Waals surface area contributed by atoms with Gasteiger partial charge in [0.15, 0.2) is 5.89 Å². The van der Waals surface area contributed by atoms with Crippen molar-refractivity contribution in [3.8, 4) is 0 Å². The van der Waals surface area contributed by atoms with Gasteiger partial charge in [0, 0.05) is 12.0 Å². The van der Waals surface area contributed by atoms with Crippen LogP contribution in [0.25, 0.3) is 0 Å². The molecule has 1 aliphatic rings. The molecule has 4 heteroatoms. The van der Waals surface area contributed by atoms with Crippen molar-refractivity contribution in [1.29, 1.82) is 0 Å². The highest BCUT2D eigenvalue weighted by Gasteiger charge is 2.26. The third kappa shape index (κ3) is 2.23. The van der Waals surface area contributed by atoms with E-state index >= 15 is 0 Å². The minimum Gasteiger partial charge on any atom is -0.448 e. The smallest absolute Gasteiger partial charge is 0.197 e. The van der Waals surface area contributed by atoms with Gasteiger partial charge < -0.3 is 10.2 Å². The van der Waals surface area contributed by atoms with Crippen LogP contribution < -0.4 is 5.73 Å². The standard InChI is InChI=1S/C9H14N2O.ClH/c1-6-5-12-9(11-6)7-2-3-8(10)4-7;/h5,7-8H,2-4,10H2,1H3;1H/t7-,8+;/m0./s1. The topological polar surface area (TPSA) is 52.0 Å². The summed E-state index contributed by atoms with van der Waals surface area (Å²) in [5, 5.41) is 0. The molecule has 0 aliphatic heterocycles. The Morgan fingerprint density at radius 1 is 1.54 bits per heavy atom. The third-order valence-electron chi connectivity index (χ3n) is 2.46. The second kappa shape index (κ2) is 4.11. The molecular formula is C9H15ClN2O. The first kappa shape index (κ1) is 10.5. The van der Waals surface area contributed by atoms with Crippen molar-refractivity contribution < 1.29 is 4.42 Å². The summed E-state index contributed by atoms with van der Waals surface area (Å²) in [7, 11) is 0. The summed E-state index contributed by atoms with van der Waals surface area (Å²) < 4.78 is 5.33. The zero-order chi connectivity index (χ0) is 8.55. The molecule has 0 radical (unpaired) electrons. The van der Waals surface area contributed by atoms with Gasteiger partial charge in [-0.25, -0.2) is 4.98 Å². The van der Waals surface area contributed by atoms with Gasteiger partial charge in [0.2, 0.25) is 0 Å². The molecule has 2 N–H and O–H groups in total. The summed E-state index contributed by atoms with van der Waals surface area (Å²) in [6, 6.07) is 0.349. The van der Waals surface area contributed by atoms with E-state index in [1.165, 1.54) is 0 Å². The number of nitrogens with two attached hydrogens (primary N) is 1. The fraction of sp³-hybridized carbons (Fsp3) is 0.667. The Labute approximate surface area is 84.1 Å². The van der Waals surface area contributed by atoms with Crippen molar-refractivity contribution in [3.63, 3.8) is 0 Å². The van der Waals surface area contributed by atoms with Crippen molar-refractivity contribution in [2.45, 2.75) is 38.1 Å². The monoisotopic (exact) mass is 202 g/mol. The lowest BCUT2D eigenvalue weighted by atomic mass is 10.1. The Balaban J connectivity index is 0.000000845. The highest BCUT2D eigenvalue weighted by molar-refractivity contribution is 5.85. The first-order valence-corrected chi connectivity index (χ1v) is 4.43. The molecule has 1 aromatic heterocycles. The van der Waals surface area contributed by atoms with E-state index in [9.17, 15) is 0 Å². The number of hydrogen-bond acceptors (Lipinski definition) is 3. The highest BCUT2D eigenvalue weighted by Crippen LogP contribution is 2.32. The van der Waals surface area contributed by atoms with Crippen LogP contribution >= 0.6 is 12.4 Å². The van der Waals surface area contributed by atoms with Crippen LogP contribution in [0.1, 0.15) is 36.8 Å². The molecule has 3 nitrogen and oxygen atoms in total. The van der Waals surface area contributed by atoms with Gasteiger partial charge >= 0.3 is 0 Å². The number of nitrogens with zero attached hydrogens (tertiary/aromatic N) is 1. The fourth-order valence-corrected chi connectivity index (χ4v) is 1.80. The maximum Gasteiger partial charge on any atom is 0.197 e. The number of aryl methyl sites for hydroxylation is 1. The summed E-state index contributed by atoms with van der Waals surface area (Å²) in [6.45, 7) is 1.95. The quantitative estimate of drug-likeness (QED) is 0.758. The van der Waals surface area contributed by atoms with Gasteiger partial charge in [0.25, 0.3) is 0 Å². The Bertz CT molecular complexity index is 274. The van der Waals surface area contributed by atoms with Crippen LogP contribution in [0, 0.1) is 6.92 Å². The predicted molar refractivity (Wildman–Crippen MR) is 53.1 cm³/mol. The Morgan fingerprint density at radius 2 is 2.31 bits per heavy atom. The lowest BCUT2D eigenvalue weighted by Crippen LogP contribution is -2.14. The highest BCUT2D eigenvalue weighted by atomic mass is 35.5. The lowest BCUT2D eigenvalue weighted by Gasteiger charge is -2.02. The number of hydrogen-bond donors (Lipinski definition) is 1. The Hall–Kier alpha value is -0.540. The van der Waals surface area contributed by atoms with Gasteiger partial charge in [-0.15, -0.1) is 12.4 Å².